The first-order valence-electron chi connectivity index (χ1n) is 13.4. The van der Waals surface area contributed by atoms with E-state index in [0.29, 0.717) is 27.5 Å². The summed E-state index contributed by atoms with van der Waals surface area (Å²) in [7, 11) is 1.24. The number of carbonyl (C=O) groups is 3. The van der Waals surface area contributed by atoms with Gasteiger partial charge < -0.3 is 20.1 Å². The molecule has 2 aromatic carbocycles. The lowest BCUT2D eigenvalue weighted by Crippen LogP contribution is -2.46. The van der Waals surface area contributed by atoms with E-state index < -0.39 is 22.8 Å². The van der Waals surface area contributed by atoms with Crippen molar-refractivity contribution in [1.29, 1.82) is 0 Å². The van der Waals surface area contributed by atoms with Gasteiger partial charge in [0, 0.05) is 39.7 Å². The first kappa shape index (κ1) is 34.2. The molecule has 2 aromatic rings. The molecule has 2 atom stereocenters. The Morgan fingerprint density at radius 2 is 1.64 bits per heavy atom. The lowest BCUT2D eigenvalue weighted by atomic mass is 9.80. The van der Waals surface area contributed by atoms with Gasteiger partial charge in [0.05, 0.1) is 41.7 Å². The second-order valence-corrected chi connectivity index (χ2v) is 11.1. The van der Waals surface area contributed by atoms with Gasteiger partial charge in [0.1, 0.15) is 0 Å². The highest BCUT2D eigenvalue weighted by molar-refractivity contribution is 6.31. The van der Waals surface area contributed by atoms with Gasteiger partial charge in [0.2, 0.25) is 0 Å². The second kappa shape index (κ2) is 14.7. The third-order valence-corrected chi connectivity index (χ3v) is 6.46. The molecule has 0 bridgehead atoms. The third kappa shape index (κ3) is 8.99. The summed E-state index contributed by atoms with van der Waals surface area (Å²) >= 11 is 5.85. The zero-order valence-corrected chi connectivity index (χ0v) is 25.9. The lowest BCUT2D eigenvalue weighted by Gasteiger charge is -2.30. The maximum Gasteiger partial charge on any atom is 0.336 e. The van der Waals surface area contributed by atoms with Crippen molar-refractivity contribution in [3.8, 4) is 0 Å². The number of Topliss-reactive ketones (excluding diaryl/α,β-unsaturated/α-hetero) is 1. The van der Waals surface area contributed by atoms with E-state index in [1.54, 1.807) is 51.1 Å². The minimum absolute atomic E-state index is 0.0671. The van der Waals surface area contributed by atoms with Crippen LogP contribution in [-0.2, 0) is 19.1 Å². The van der Waals surface area contributed by atoms with Gasteiger partial charge in [-0.3, -0.25) is 14.9 Å². The smallest absolute Gasteiger partial charge is 0.336 e. The number of methoxy groups -OCH3 is 1. The van der Waals surface area contributed by atoms with Gasteiger partial charge in [-0.2, -0.15) is 0 Å². The average Bonchev–Trinajstić information content (AvgIpc) is 2.91. The van der Waals surface area contributed by atoms with E-state index in [4.69, 9.17) is 21.1 Å². The topological polar surface area (TPSA) is 137 Å². The summed E-state index contributed by atoms with van der Waals surface area (Å²) in [6.07, 6.45) is 0. The molecule has 1 aliphatic rings. The van der Waals surface area contributed by atoms with E-state index in [0.717, 1.165) is 0 Å². The number of nitrogens with zero attached hydrogens (tertiary/aromatic N) is 1. The molecule has 0 saturated heterocycles. The number of halogens is 1. The summed E-state index contributed by atoms with van der Waals surface area (Å²) in [4.78, 5) is 47.6. The van der Waals surface area contributed by atoms with Gasteiger partial charge in [-0.25, -0.2) is 9.59 Å². The van der Waals surface area contributed by atoms with Crippen molar-refractivity contribution >= 4 is 35.0 Å². The van der Waals surface area contributed by atoms with Crippen molar-refractivity contribution in [2.45, 2.75) is 66.0 Å². The number of ketones is 1. The number of nitro groups is 1. The summed E-state index contributed by atoms with van der Waals surface area (Å²) in [6.45, 7) is 13.2. The number of hydrogen-bond acceptors (Lipinski definition) is 9. The molecular weight excluding hydrogens is 562 g/mol. The lowest BCUT2D eigenvalue weighted by molar-refractivity contribution is -0.384. The van der Waals surface area contributed by atoms with Gasteiger partial charge >= 0.3 is 11.9 Å². The first-order chi connectivity index (χ1) is 19.6. The molecule has 2 N–H and O–H groups in total. The number of hydrogen-bond donors (Lipinski definition) is 2. The van der Waals surface area contributed by atoms with E-state index in [1.807, 2.05) is 27.7 Å². The quantitative estimate of drug-likeness (QED) is 0.165. The molecule has 0 aliphatic carbocycles. The normalized spacial score (nSPS) is 15.6. The summed E-state index contributed by atoms with van der Waals surface area (Å²) in [6, 6.07) is 12.7. The molecule has 11 heteroatoms. The Bertz CT molecular complexity index is 1410. The molecule has 1 heterocycles. The van der Waals surface area contributed by atoms with Crippen molar-refractivity contribution in [2.75, 3.05) is 13.7 Å². The van der Waals surface area contributed by atoms with E-state index in [1.165, 1.54) is 25.3 Å². The largest absolute Gasteiger partial charge is 0.466 e. The van der Waals surface area contributed by atoms with Crippen LogP contribution in [0.3, 0.4) is 0 Å². The molecular formula is C31H38ClN3O7. The summed E-state index contributed by atoms with van der Waals surface area (Å²) in [5.74, 6) is -1.98. The average molecular weight is 600 g/mol. The zero-order valence-electron chi connectivity index (χ0n) is 25.2. The maximum atomic E-state index is 12.5. The first-order valence-corrected chi connectivity index (χ1v) is 13.7. The van der Waals surface area contributed by atoms with Crippen LogP contribution in [-0.4, -0.2) is 47.9 Å². The summed E-state index contributed by atoms with van der Waals surface area (Å²) < 4.78 is 10.0. The Balaban J connectivity index is 0.000000330. The predicted octanol–water partition coefficient (Wildman–Crippen LogP) is 5.87. The number of ether oxygens (including phenoxy) is 2. The molecule has 1 aliphatic heterocycles. The number of carbonyl (C=O) groups excluding carboxylic acids is 3. The molecule has 10 nitrogen and oxygen atoms in total. The fraction of sp³-hybridized carbons (Fsp3) is 0.387. The minimum atomic E-state index is -0.831. The van der Waals surface area contributed by atoms with Crippen molar-refractivity contribution in [3.05, 3.63) is 97.3 Å². The maximum absolute atomic E-state index is 12.5. The van der Waals surface area contributed by atoms with Gasteiger partial charge in [-0.05, 0) is 66.2 Å². The standard InChI is InChI=1S/C18H20N2O6.C13H18ClNO/c1-5-26-18(22)15-11(3)19-10(2)14(17(21)25-4)16(15)12-7-6-8-13(9-12)20(23)24;1-9(15-13(2,3)4)12(16)10-6-5-7-11(14)8-10/h6-9,16,19H,5H2,1-4H3;5-9,15H,1-4H3. The third-order valence-electron chi connectivity index (χ3n) is 6.23. The number of benzene rings is 2. The Labute approximate surface area is 251 Å². The fourth-order valence-electron chi connectivity index (χ4n) is 4.61. The molecule has 3 rings (SSSR count). The highest BCUT2D eigenvalue weighted by Gasteiger charge is 2.38. The Morgan fingerprint density at radius 1 is 1.05 bits per heavy atom. The SMILES string of the molecule is CC(NC(C)(C)C)C(=O)c1cccc(Cl)c1.CCOC(=O)C1=C(C)NC(C)=C(C(=O)OC)C1c1cccc([N+](=O)[O-])c1. The number of dihydropyridines is 1. The van der Waals surface area contributed by atoms with Crippen LogP contribution in [0, 0.1) is 10.1 Å². The monoisotopic (exact) mass is 599 g/mol. The van der Waals surface area contributed by atoms with Crippen LogP contribution in [0.5, 0.6) is 0 Å². The molecule has 0 saturated carbocycles. The molecule has 0 radical (unpaired) electrons. The summed E-state index contributed by atoms with van der Waals surface area (Å²) in [5.41, 5.74) is 2.33. The van der Waals surface area contributed by atoms with Crippen LogP contribution in [0.25, 0.3) is 0 Å². The van der Waals surface area contributed by atoms with Gasteiger partial charge in [0.25, 0.3) is 5.69 Å². The predicted molar refractivity (Wildman–Crippen MR) is 161 cm³/mol. The number of nitro benzene ring substituents is 1. The number of non-ortho nitro benzene ring substituents is 1. The van der Waals surface area contributed by atoms with Crippen LogP contribution in [0.15, 0.2) is 71.1 Å². The van der Waals surface area contributed by atoms with E-state index in [9.17, 15) is 24.5 Å². The number of esters is 2. The highest BCUT2D eigenvalue weighted by Crippen LogP contribution is 2.40. The van der Waals surface area contributed by atoms with Crippen molar-refractivity contribution in [3.63, 3.8) is 0 Å². The molecule has 0 fully saturated rings. The van der Waals surface area contributed by atoms with E-state index >= 15 is 0 Å². The van der Waals surface area contributed by atoms with Crippen molar-refractivity contribution < 1.29 is 28.8 Å². The number of rotatable bonds is 8. The van der Waals surface area contributed by atoms with Crippen molar-refractivity contribution in [2.24, 2.45) is 0 Å². The molecule has 0 spiro atoms. The summed E-state index contributed by atoms with van der Waals surface area (Å²) in [5, 5.41) is 18.0. The van der Waals surface area contributed by atoms with Gasteiger partial charge in [-0.15, -0.1) is 0 Å². The Kier molecular flexibility index (Phi) is 12.0. The van der Waals surface area contributed by atoms with Crippen LogP contribution < -0.4 is 10.6 Å². The molecule has 42 heavy (non-hydrogen) atoms. The highest BCUT2D eigenvalue weighted by atomic mass is 35.5. The molecule has 2 unspecified atom stereocenters. The van der Waals surface area contributed by atoms with Gasteiger partial charge in [-0.1, -0.05) is 35.9 Å². The van der Waals surface area contributed by atoms with E-state index in [2.05, 4.69) is 10.6 Å². The zero-order chi connectivity index (χ0) is 31.8. The van der Waals surface area contributed by atoms with Crippen LogP contribution >= 0.6 is 11.6 Å². The number of nitrogens with one attached hydrogen (secondary N) is 2. The number of allylic oxidation sites excluding steroid dienone is 2. The van der Waals surface area contributed by atoms with Crippen LogP contribution in [0.1, 0.15) is 70.3 Å². The van der Waals surface area contributed by atoms with Crippen molar-refractivity contribution in [1.82, 2.24) is 10.6 Å². The Morgan fingerprint density at radius 3 is 2.17 bits per heavy atom. The van der Waals surface area contributed by atoms with Crippen LogP contribution in [0.4, 0.5) is 5.69 Å². The van der Waals surface area contributed by atoms with Crippen LogP contribution in [0.2, 0.25) is 5.02 Å². The molecule has 0 aromatic heterocycles. The van der Waals surface area contributed by atoms with Gasteiger partial charge in [0.15, 0.2) is 5.78 Å². The van der Waals surface area contributed by atoms with E-state index in [-0.39, 0.29) is 40.8 Å². The Hall–Kier alpha value is -4.02. The fourth-order valence-corrected chi connectivity index (χ4v) is 4.80. The molecule has 0 amide bonds. The minimum Gasteiger partial charge on any atom is -0.466 e. The molecule has 226 valence electrons. The second-order valence-electron chi connectivity index (χ2n) is 10.7.